The highest BCUT2D eigenvalue weighted by atomic mass is 32.2. The Bertz CT molecular complexity index is 1480. The zero-order valence-electron chi connectivity index (χ0n) is 18.6. The smallest absolute Gasteiger partial charge is 0.266 e. The minimum Gasteiger partial charge on any atom is -0.268 e. The van der Waals surface area contributed by atoms with Crippen LogP contribution < -0.4 is 5.56 Å². The summed E-state index contributed by atoms with van der Waals surface area (Å²) >= 11 is 0. The molecule has 33 heavy (non-hydrogen) atoms. The molecule has 0 N–H and O–H groups in total. The summed E-state index contributed by atoms with van der Waals surface area (Å²) in [4.78, 5) is 18.3. The Kier molecular flexibility index (Phi) is 6.14. The zero-order valence-corrected chi connectivity index (χ0v) is 19.4. The molecule has 3 aromatic carbocycles. The summed E-state index contributed by atoms with van der Waals surface area (Å²) in [5.41, 5.74) is 1.82. The van der Waals surface area contributed by atoms with Crippen molar-refractivity contribution in [2.24, 2.45) is 0 Å². The van der Waals surface area contributed by atoms with Crippen LogP contribution in [0.5, 0.6) is 0 Å². The van der Waals surface area contributed by atoms with Crippen molar-refractivity contribution in [1.82, 2.24) is 13.9 Å². The Morgan fingerprint density at radius 2 is 1.64 bits per heavy atom. The highest BCUT2D eigenvalue weighted by Gasteiger charge is 2.30. The average Bonchev–Trinajstić information content (AvgIpc) is 2.83. The molecule has 4 aromatic rings. The number of fused-ring (bicyclic) bond motifs is 1. The van der Waals surface area contributed by atoms with Gasteiger partial charge in [-0.1, -0.05) is 37.3 Å². The SMILES string of the molecule is CCc1ccccc1-n1c(C(C)N(C)S(=O)(=O)c2ccc(F)cc2)nc2ccccc2c1=O. The monoisotopic (exact) mass is 465 g/mol. The van der Waals surface area contributed by atoms with Crippen molar-refractivity contribution < 1.29 is 12.8 Å². The van der Waals surface area contributed by atoms with Gasteiger partial charge in [-0.25, -0.2) is 17.8 Å². The number of halogens is 1. The van der Waals surface area contributed by atoms with Gasteiger partial charge in [0.2, 0.25) is 10.0 Å². The predicted octanol–water partition coefficient (Wildman–Crippen LogP) is 4.47. The van der Waals surface area contributed by atoms with E-state index in [0.29, 0.717) is 28.8 Å². The first-order chi connectivity index (χ1) is 15.8. The van der Waals surface area contributed by atoms with Crippen molar-refractivity contribution in [3.05, 3.63) is 100 Å². The first kappa shape index (κ1) is 22.8. The first-order valence-electron chi connectivity index (χ1n) is 10.6. The Balaban J connectivity index is 1.94. The Morgan fingerprint density at radius 1 is 1.00 bits per heavy atom. The molecular weight excluding hydrogens is 441 g/mol. The Morgan fingerprint density at radius 3 is 2.33 bits per heavy atom. The second-order valence-corrected chi connectivity index (χ2v) is 9.76. The van der Waals surface area contributed by atoms with Gasteiger partial charge in [0.1, 0.15) is 11.6 Å². The maximum atomic E-state index is 13.6. The van der Waals surface area contributed by atoms with Gasteiger partial charge in [0.25, 0.3) is 5.56 Å². The molecule has 0 spiro atoms. The molecule has 0 aliphatic carbocycles. The van der Waals surface area contributed by atoms with E-state index in [-0.39, 0.29) is 10.5 Å². The number of rotatable bonds is 6. The average molecular weight is 466 g/mol. The lowest BCUT2D eigenvalue weighted by atomic mass is 10.1. The molecule has 0 radical (unpaired) electrons. The lowest BCUT2D eigenvalue weighted by molar-refractivity contribution is 0.379. The first-order valence-corrected chi connectivity index (χ1v) is 12.0. The number of para-hydroxylation sites is 2. The molecule has 4 rings (SSSR count). The molecule has 0 aliphatic rings. The second-order valence-electron chi connectivity index (χ2n) is 7.76. The van der Waals surface area contributed by atoms with Crippen molar-refractivity contribution in [1.29, 1.82) is 0 Å². The molecule has 0 fully saturated rings. The third-order valence-corrected chi connectivity index (χ3v) is 7.77. The molecule has 0 saturated carbocycles. The summed E-state index contributed by atoms with van der Waals surface area (Å²) in [6, 6.07) is 18.4. The molecule has 1 unspecified atom stereocenters. The topological polar surface area (TPSA) is 72.3 Å². The molecule has 1 atom stereocenters. The maximum Gasteiger partial charge on any atom is 0.266 e. The van der Waals surface area contributed by atoms with Crippen LogP contribution in [0.4, 0.5) is 4.39 Å². The minimum absolute atomic E-state index is 0.0399. The van der Waals surface area contributed by atoms with Gasteiger partial charge in [0.05, 0.1) is 27.5 Å². The van der Waals surface area contributed by atoms with E-state index in [1.165, 1.54) is 23.7 Å². The Labute approximate surface area is 192 Å². The highest BCUT2D eigenvalue weighted by Crippen LogP contribution is 2.28. The van der Waals surface area contributed by atoms with Crippen LogP contribution in [-0.4, -0.2) is 29.3 Å². The lowest BCUT2D eigenvalue weighted by Crippen LogP contribution is -2.35. The third kappa shape index (κ3) is 4.07. The number of nitrogens with zero attached hydrogens (tertiary/aromatic N) is 3. The van der Waals surface area contributed by atoms with Crippen molar-refractivity contribution in [3.63, 3.8) is 0 Å². The van der Waals surface area contributed by atoms with Crippen molar-refractivity contribution in [2.45, 2.75) is 31.2 Å². The molecule has 170 valence electrons. The fourth-order valence-corrected chi connectivity index (χ4v) is 5.16. The fourth-order valence-electron chi connectivity index (χ4n) is 3.83. The Hall–Kier alpha value is -3.36. The maximum absolute atomic E-state index is 13.6. The quantitative estimate of drug-likeness (QED) is 0.421. The minimum atomic E-state index is -3.97. The summed E-state index contributed by atoms with van der Waals surface area (Å²) in [5, 5.41) is 0.448. The number of hydrogen-bond donors (Lipinski definition) is 0. The van der Waals surface area contributed by atoms with Crippen molar-refractivity contribution >= 4 is 20.9 Å². The van der Waals surface area contributed by atoms with E-state index in [1.807, 2.05) is 31.2 Å². The standard InChI is InChI=1S/C25H24FN3O3S/c1-4-18-9-5-8-12-23(18)29-24(27-22-11-7-6-10-21(22)25(29)30)17(2)28(3)33(31,32)20-15-13-19(26)14-16-20/h5-17H,4H2,1-3H3. The molecule has 8 heteroatoms. The molecule has 0 bridgehead atoms. The summed E-state index contributed by atoms with van der Waals surface area (Å²) in [5.74, 6) is -0.223. The van der Waals surface area contributed by atoms with E-state index in [1.54, 1.807) is 31.2 Å². The third-order valence-electron chi connectivity index (χ3n) is 5.82. The molecule has 1 heterocycles. The number of benzene rings is 3. The van der Waals surface area contributed by atoms with E-state index >= 15 is 0 Å². The van der Waals surface area contributed by atoms with E-state index < -0.39 is 21.9 Å². The highest BCUT2D eigenvalue weighted by molar-refractivity contribution is 7.89. The van der Waals surface area contributed by atoms with Crippen LogP contribution >= 0.6 is 0 Å². The number of aryl methyl sites for hydroxylation is 1. The van der Waals surface area contributed by atoms with Crippen LogP contribution in [0.15, 0.2) is 82.5 Å². The molecule has 6 nitrogen and oxygen atoms in total. The van der Waals surface area contributed by atoms with E-state index in [0.717, 1.165) is 22.0 Å². The van der Waals surface area contributed by atoms with Crippen molar-refractivity contribution in [3.8, 4) is 5.69 Å². The van der Waals surface area contributed by atoms with Crippen LogP contribution in [0.1, 0.15) is 31.3 Å². The van der Waals surface area contributed by atoms with Gasteiger partial charge < -0.3 is 0 Å². The van der Waals surface area contributed by atoms with Crippen LogP contribution in [0.2, 0.25) is 0 Å². The van der Waals surface area contributed by atoms with Crippen LogP contribution in [0, 0.1) is 5.82 Å². The van der Waals surface area contributed by atoms with Crippen LogP contribution in [0.3, 0.4) is 0 Å². The van der Waals surface area contributed by atoms with Gasteiger partial charge >= 0.3 is 0 Å². The van der Waals surface area contributed by atoms with Crippen molar-refractivity contribution in [2.75, 3.05) is 7.05 Å². The fraction of sp³-hybridized carbons (Fsp3) is 0.200. The van der Waals surface area contributed by atoms with E-state index in [9.17, 15) is 17.6 Å². The van der Waals surface area contributed by atoms with Crippen LogP contribution in [0.25, 0.3) is 16.6 Å². The van der Waals surface area contributed by atoms with Crippen LogP contribution in [-0.2, 0) is 16.4 Å². The predicted molar refractivity (Wildman–Crippen MR) is 126 cm³/mol. The normalized spacial score (nSPS) is 12.9. The number of hydrogen-bond acceptors (Lipinski definition) is 4. The largest absolute Gasteiger partial charge is 0.268 e. The summed E-state index contributed by atoms with van der Waals surface area (Å²) in [6.45, 7) is 3.68. The van der Waals surface area contributed by atoms with Gasteiger partial charge in [-0.2, -0.15) is 4.31 Å². The summed E-state index contributed by atoms with van der Waals surface area (Å²) in [7, 11) is -2.54. The van der Waals surface area contributed by atoms with Gasteiger partial charge in [0, 0.05) is 7.05 Å². The van der Waals surface area contributed by atoms with E-state index in [2.05, 4.69) is 0 Å². The summed E-state index contributed by atoms with van der Waals surface area (Å²) < 4.78 is 42.5. The molecule has 0 amide bonds. The van der Waals surface area contributed by atoms with Gasteiger partial charge in [0.15, 0.2) is 0 Å². The summed E-state index contributed by atoms with van der Waals surface area (Å²) in [6.07, 6.45) is 0.687. The molecular formula is C25H24FN3O3S. The van der Waals surface area contributed by atoms with Gasteiger partial charge in [-0.15, -0.1) is 0 Å². The zero-order chi connectivity index (χ0) is 23.8. The van der Waals surface area contributed by atoms with Gasteiger partial charge in [-0.3, -0.25) is 9.36 Å². The number of aromatic nitrogens is 2. The molecule has 0 aliphatic heterocycles. The van der Waals surface area contributed by atoms with Gasteiger partial charge in [-0.05, 0) is 61.4 Å². The second kappa shape index (κ2) is 8.88. The van der Waals surface area contributed by atoms with E-state index in [4.69, 9.17) is 4.98 Å². The molecule has 1 aromatic heterocycles. The number of sulfonamides is 1. The lowest BCUT2D eigenvalue weighted by Gasteiger charge is -2.27. The molecule has 0 saturated heterocycles.